The number of hydrogen-bond acceptors (Lipinski definition) is 7. The minimum Gasteiger partial charge on any atom is -0.442 e. The second-order valence-electron chi connectivity index (χ2n) is 12.2. The first-order valence-corrected chi connectivity index (χ1v) is 15.3. The number of amides is 2. The van der Waals surface area contributed by atoms with Crippen LogP contribution < -0.4 is 15.4 Å². The first-order valence-electron chi connectivity index (χ1n) is 13.5. The van der Waals surface area contributed by atoms with Crippen LogP contribution in [-0.4, -0.2) is 48.0 Å². The van der Waals surface area contributed by atoms with Gasteiger partial charge in [0.1, 0.15) is 5.60 Å². The van der Waals surface area contributed by atoms with Crippen molar-refractivity contribution in [1.82, 2.24) is 9.78 Å². The van der Waals surface area contributed by atoms with Gasteiger partial charge in [0.2, 0.25) is 10.0 Å². The average molecular weight is 606 g/mol. The molecular formula is C31H35N5O6S. The molecule has 1 aromatic heterocycles. The normalized spacial score (nSPS) is 12.1. The lowest BCUT2D eigenvalue weighted by Gasteiger charge is -2.19. The fourth-order valence-electron chi connectivity index (χ4n) is 4.18. The topological polar surface area (TPSA) is 148 Å². The Balaban J connectivity index is 1.64. The van der Waals surface area contributed by atoms with E-state index in [0.29, 0.717) is 22.2 Å². The molecular weight excluding hydrogens is 570 g/mol. The van der Waals surface area contributed by atoms with Crippen molar-refractivity contribution < 1.29 is 27.5 Å². The lowest BCUT2D eigenvalue weighted by Crippen LogP contribution is -2.27. The highest BCUT2D eigenvalue weighted by atomic mass is 32.2. The van der Waals surface area contributed by atoms with E-state index in [0.717, 1.165) is 16.5 Å². The number of aromatic nitrogens is 2. The fraction of sp³-hybridized carbons (Fsp3) is 0.290. The van der Waals surface area contributed by atoms with Crippen molar-refractivity contribution in [2.24, 2.45) is 0 Å². The minimum absolute atomic E-state index is 0.0828. The van der Waals surface area contributed by atoms with Crippen molar-refractivity contribution >= 4 is 55.9 Å². The molecule has 4 rings (SSSR count). The van der Waals surface area contributed by atoms with Gasteiger partial charge in [-0.1, -0.05) is 32.9 Å². The molecule has 0 aliphatic rings. The van der Waals surface area contributed by atoms with Gasteiger partial charge in [0.25, 0.3) is 11.8 Å². The third-order valence-corrected chi connectivity index (χ3v) is 6.83. The summed E-state index contributed by atoms with van der Waals surface area (Å²) in [6.07, 6.45) is 1.85. The van der Waals surface area contributed by atoms with Crippen molar-refractivity contribution in [3.05, 3.63) is 83.6 Å². The Morgan fingerprint density at radius 1 is 0.814 bits per heavy atom. The molecule has 0 spiro atoms. The van der Waals surface area contributed by atoms with E-state index in [9.17, 15) is 22.8 Å². The Hall–Kier alpha value is -4.71. The summed E-state index contributed by atoms with van der Waals surface area (Å²) in [5, 5.41) is 10.3. The van der Waals surface area contributed by atoms with Crippen LogP contribution in [-0.2, 0) is 20.2 Å². The molecule has 226 valence electrons. The van der Waals surface area contributed by atoms with Crippen molar-refractivity contribution in [2.75, 3.05) is 21.6 Å². The highest BCUT2D eigenvalue weighted by Gasteiger charge is 2.22. The smallest absolute Gasteiger partial charge is 0.435 e. The van der Waals surface area contributed by atoms with Gasteiger partial charge in [-0.3, -0.25) is 14.3 Å². The maximum Gasteiger partial charge on any atom is 0.435 e. The van der Waals surface area contributed by atoms with Crippen LogP contribution in [0.1, 0.15) is 67.8 Å². The van der Waals surface area contributed by atoms with Crippen molar-refractivity contribution in [1.29, 1.82) is 0 Å². The molecule has 0 fully saturated rings. The number of benzene rings is 3. The monoisotopic (exact) mass is 605 g/mol. The summed E-state index contributed by atoms with van der Waals surface area (Å²) in [7, 11) is -3.62. The fourth-order valence-corrected chi connectivity index (χ4v) is 4.74. The highest BCUT2D eigenvalue weighted by molar-refractivity contribution is 7.92. The van der Waals surface area contributed by atoms with E-state index in [2.05, 4.69) is 41.2 Å². The number of sulfonamides is 1. The first-order chi connectivity index (χ1) is 19.9. The predicted octanol–water partition coefficient (Wildman–Crippen LogP) is 5.99. The number of nitrogens with one attached hydrogen (secondary N) is 3. The molecule has 0 radical (unpaired) electrons. The SMILES string of the molecule is CC(C)(C)OC(=O)n1ncc2ccc(NC(=O)c3ccc(NS(C)(=O)=O)cc3NC(=O)c3ccc(C(C)(C)C)cc3)cc21. The summed E-state index contributed by atoms with van der Waals surface area (Å²) < 4.78 is 32.6. The molecule has 4 aromatic rings. The van der Waals surface area contributed by atoms with Crippen LogP contribution in [0.5, 0.6) is 0 Å². The second kappa shape index (κ2) is 11.5. The number of ether oxygens (including phenoxy) is 1. The van der Waals surface area contributed by atoms with E-state index in [-0.39, 0.29) is 22.4 Å². The van der Waals surface area contributed by atoms with Crippen LogP contribution in [0, 0.1) is 0 Å². The molecule has 0 atom stereocenters. The van der Waals surface area contributed by atoms with Crippen LogP contribution in [0.4, 0.5) is 21.9 Å². The van der Waals surface area contributed by atoms with Crippen LogP contribution >= 0.6 is 0 Å². The van der Waals surface area contributed by atoms with E-state index in [1.165, 1.54) is 24.4 Å². The summed E-state index contributed by atoms with van der Waals surface area (Å²) in [6.45, 7) is 11.4. The third-order valence-electron chi connectivity index (χ3n) is 6.22. The molecule has 0 bridgehead atoms. The maximum atomic E-state index is 13.5. The Kier molecular flexibility index (Phi) is 8.37. The summed E-state index contributed by atoms with van der Waals surface area (Å²) in [6, 6.07) is 16.2. The van der Waals surface area contributed by atoms with Gasteiger partial charge in [0, 0.05) is 16.6 Å². The van der Waals surface area contributed by atoms with Gasteiger partial charge in [-0.25, -0.2) is 13.2 Å². The summed E-state index contributed by atoms with van der Waals surface area (Å²) >= 11 is 0. The molecule has 0 unspecified atom stereocenters. The van der Waals surface area contributed by atoms with Gasteiger partial charge >= 0.3 is 6.09 Å². The van der Waals surface area contributed by atoms with Crippen LogP contribution in [0.2, 0.25) is 0 Å². The molecule has 12 heteroatoms. The number of fused-ring (bicyclic) bond motifs is 1. The van der Waals surface area contributed by atoms with Gasteiger partial charge in [-0.2, -0.15) is 9.78 Å². The zero-order valence-electron chi connectivity index (χ0n) is 25.1. The van der Waals surface area contributed by atoms with Gasteiger partial charge < -0.3 is 15.4 Å². The molecule has 3 aromatic carbocycles. The lowest BCUT2D eigenvalue weighted by molar-refractivity contribution is 0.0522. The van der Waals surface area contributed by atoms with Crippen molar-refractivity contribution in [3.8, 4) is 0 Å². The Bertz CT molecular complexity index is 1810. The van der Waals surface area contributed by atoms with Crippen LogP contribution in [0.25, 0.3) is 10.9 Å². The van der Waals surface area contributed by atoms with E-state index in [1.807, 2.05) is 12.1 Å². The Morgan fingerprint density at radius 2 is 1.47 bits per heavy atom. The zero-order valence-corrected chi connectivity index (χ0v) is 25.9. The average Bonchev–Trinajstić information content (AvgIpc) is 3.30. The van der Waals surface area contributed by atoms with Crippen molar-refractivity contribution in [3.63, 3.8) is 0 Å². The van der Waals surface area contributed by atoms with Gasteiger partial charge in [-0.05, 0) is 80.3 Å². The predicted molar refractivity (Wildman–Crippen MR) is 167 cm³/mol. The molecule has 0 aliphatic heterocycles. The molecule has 2 amide bonds. The lowest BCUT2D eigenvalue weighted by atomic mass is 9.86. The van der Waals surface area contributed by atoms with E-state index in [1.54, 1.807) is 51.1 Å². The quantitative estimate of drug-likeness (QED) is 0.244. The number of rotatable bonds is 6. The standard InChI is InChI=1S/C31H35N5O6S/c1-30(2,3)21-11-8-19(9-12-21)27(37)34-25-16-23(35-43(7,40)41)14-15-24(25)28(38)33-22-13-10-20-18-32-36(26(20)17-22)29(39)42-31(4,5)6/h8-18,35H,1-7H3,(H,33,38)(H,34,37). The number of anilines is 3. The summed E-state index contributed by atoms with van der Waals surface area (Å²) in [4.78, 5) is 39.3. The van der Waals surface area contributed by atoms with Gasteiger partial charge in [-0.15, -0.1) is 0 Å². The molecule has 0 saturated heterocycles. The molecule has 0 saturated carbocycles. The zero-order chi connectivity index (χ0) is 31.7. The van der Waals surface area contributed by atoms with E-state index >= 15 is 0 Å². The maximum absolute atomic E-state index is 13.5. The van der Waals surface area contributed by atoms with Crippen molar-refractivity contribution in [2.45, 2.75) is 52.6 Å². The number of hydrogen-bond donors (Lipinski definition) is 3. The Morgan fingerprint density at radius 3 is 2.07 bits per heavy atom. The van der Waals surface area contributed by atoms with E-state index < -0.39 is 33.5 Å². The first kappa shape index (κ1) is 31.2. The second-order valence-corrected chi connectivity index (χ2v) is 13.9. The van der Waals surface area contributed by atoms with E-state index in [4.69, 9.17) is 4.74 Å². The molecule has 1 heterocycles. The third kappa shape index (κ3) is 7.98. The largest absolute Gasteiger partial charge is 0.442 e. The Labute approximate surface area is 250 Å². The summed E-state index contributed by atoms with van der Waals surface area (Å²) in [5.74, 6) is -1.05. The van der Waals surface area contributed by atoms with Gasteiger partial charge in [0.05, 0.1) is 34.9 Å². The molecule has 43 heavy (non-hydrogen) atoms. The highest BCUT2D eigenvalue weighted by Crippen LogP contribution is 2.27. The number of carbonyl (C=O) groups excluding carboxylic acids is 3. The van der Waals surface area contributed by atoms with Crippen LogP contribution in [0.3, 0.4) is 0 Å². The molecule has 0 aliphatic carbocycles. The van der Waals surface area contributed by atoms with Crippen LogP contribution in [0.15, 0.2) is 66.9 Å². The number of nitrogens with zero attached hydrogens (tertiary/aromatic N) is 2. The molecule has 3 N–H and O–H groups in total. The summed E-state index contributed by atoms with van der Waals surface area (Å²) in [5.41, 5.74) is 1.71. The molecule has 11 nitrogen and oxygen atoms in total. The van der Waals surface area contributed by atoms with Gasteiger partial charge in [0.15, 0.2) is 0 Å². The minimum atomic E-state index is -3.62. The number of carbonyl (C=O) groups is 3.